The molecule has 0 aromatic carbocycles. The lowest BCUT2D eigenvalue weighted by molar-refractivity contribution is 0.175. The van der Waals surface area contributed by atoms with Crippen LogP contribution in [0.4, 0.5) is 0 Å². The summed E-state index contributed by atoms with van der Waals surface area (Å²) >= 11 is -1.12. The average Bonchev–Trinajstić information content (AvgIpc) is 2.38. The third-order valence-corrected chi connectivity index (χ3v) is 3.89. The van der Waals surface area contributed by atoms with Crippen molar-refractivity contribution >= 4 is 11.1 Å². The first kappa shape index (κ1) is 12.8. The fourth-order valence-corrected chi connectivity index (χ4v) is 2.77. The Morgan fingerprint density at radius 3 is 2.76 bits per heavy atom. The van der Waals surface area contributed by atoms with Crippen molar-refractivity contribution in [1.29, 1.82) is 0 Å². The van der Waals surface area contributed by atoms with Crippen LogP contribution < -0.4 is 0 Å². The average molecular weight is 255 g/mol. The number of hydrogen-bond acceptors (Lipinski definition) is 3. The predicted octanol–water partition coefficient (Wildman–Crippen LogP) is 2.24. The van der Waals surface area contributed by atoms with E-state index in [2.05, 4.69) is 23.1 Å². The van der Waals surface area contributed by atoms with Crippen molar-refractivity contribution in [2.45, 2.75) is 25.7 Å². The maximum absolute atomic E-state index is 10.9. The lowest BCUT2D eigenvalue weighted by Gasteiger charge is -2.34. The maximum Gasteiger partial charge on any atom is 0.152 e. The van der Waals surface area contributed by atoms with E-state index in [4.69, 9.17) is 4.18 Å². The van der Waals surface area contributed by atoms with E-state index in [1.54, 1.807) is 6.26 Å². The van der Waals surface area contributed by atoms with Gasteiger partial charge in [-0.05, 0) is 37.7 Å². The fourth-order valence-electron chi connectivity index (χ4n) is 2.38. The molecule has 2 rings (SSSR count). The maximum atomic E-state index is 10.9. The monoisotopic (exact) mass is 255 g/mol. The highest BCUT2D eigenvalue weighted by molar-refractivity contribution is 7.79. The van der Waals surface area contributed by atoms with Crippen LogP contribution in [0, 0.1) is 5.92 Å². The van der Waals surface area contributed by atoms with Gasteiger partial charge in [0.05, 0.1) is 6.61 Å². The second-order valence-corrected chi connectivity index (χ2v) is 5.76. The molecular formula is C13H21NO2S. The summed E-state index contributed by atoms with van der Waals surface area (Å²) in [6.07, 6.45) is 13.0. The highest BCUT2D eigenvalue weighted by Crippen LogP contribution is 2.23. The Bertz CT molecular complexity index is 330. The van der Waals surface area contributed by atoms with Gasteiger partial charge in [-0.15, -0.1) is 0 Å². The van der Waals surface area contributed by atoms with E-state index >= 15 is 0 Å². The molecule has 0 amide bonds. The van der Waals surface area contributed by atoms with Crippen LogP contribution in [0.1, 0.15) is 25.7 Å². The van der Waals surface area contributed by atoms with Gasteiger partial charge in [0.2, 0.25) is 0 Å². The minimum absolute atomic E-state index is 0.573. The van der Waals surface area contributed by atoms with E-state index in [1.165, 1.54) is 18.5 Å². The zero-order chi connectivity index (χ0) is 12.1. The molecule has 17 heavy (non-hydrogen) atoms. The zero-order valence-electron chi connectivity index (χ0n) is 10.4. The Kier molecular flexibility index (Phi) is 4.80. The van der Waals surface area contributed by atoms with E-state index < -0.39 is 11.1 Å². The highest BCUT2D eigenvalue weighted by Gasteiger charge is 2.20. The molecule has 0 radical (unpaired) electrons. The van der Waals surface area contributed by atoms with Crippen LogP contribution in [0.25, 0.3) is 0 Å². The molecule has 1 aliphatic heterocycles. The van der Waals surface area contributed by atoms with Crippen LogP contribution in [0.5, 0.6) is 0 Å². The van der Waals surface area contributed by atoms with E-state index in [0.29, 0.717) is 12.5 Å². The van der Waals surface area contributed by atoms with Crippen molar-refractivity contribution in [1.82, 2.24) is 4.90 Å². The molecule has 3 nitrogen and oxygen atoms in total. The lowest BCUT2D eigenvalue weighted by atomic mass is 9.97. The van der Waals surface area contributed by atoms with Gasteiger partial charge >= 0.3 is 0 Å². The molecule has 1 atom stereocenters. The molecule has 1 aliphatic carbocycles. The molecule has 4 heteroatoms. The van der Waals surface area contributed by atoms with Gasteiger partial charge in [-0.3, -0.25) is 4.18 Å². The van der Waals surface area contributed by atoms with Crippen LogP contribution >= 0.6 is 0 Å². The largest absolute Gasteiger partial charge is 0.372 e. The van der Waals surface area contributed by atoms with E-state index in [9.17, 15) is 4.21 Å². The molecular weight excluding hydrogens is 234 g/mol. The third kappa shape index (κ3) is 3.96. The molecule has 0 aromatic heterocycles. The Labute approximate surface area is 106 Å². The predicted molar refractivity (Wildman–Crippen MR) is 70.8 cm³/mol. The van der Waals surface area contributed by atoms with Crippen LogP contribution in [-0.4, -0.2) is 35.1 Å². The summed E-state index contributed by atoms with van der Waals surface area (Å²) in [6.45, 7) is 2.84. The molecule has 1 unspecified atom stereocenters. The van der Waals surface area contributed by atoms with Gasteiger partial charge in [-0.1, -0.05) is 12.2 Å². The molecule has 0 N–H and O–H groups in total. The molecule has 1 saturated heterocycles. The van der Waals surface area contributed by atoms with E-state index in [1.807, 2.05) is 0 Å². The summed E-state index contributed by atoms with van der Waals surface area (Å²) in [5.41, 5.74) is 1.38. The number of allylic oxidation sites excluding steroid dienone is 3. The van der Waals surface area contributed by atoms with E-state index in [0.717, 1.165) is 25.9 Å². The summed E-state index contributed by atoms with van der Waals surface area (Å²) < 4.78 is 16.0. The Morgan fingerprint density at radius 1 is 1.41 bits per heavy atom. The fraction of sp³-hybridized carbons (Fsp3) is 0.692. The normalized spacial score (nSPS) is 23.6. The Morgan fingerprint density at radius 2 is 2.18 bits per heavy atom. The number of rotatable bonds is 4. The molecule has 0 saturated carbocycles. The second kappa shape index (κ2) is 6.36. The SMILES string of the molecule is CS(=O)OCC1CCN(C2=CCCC=C2)CC1. The van der Waals surface area contributed by atoms with Crippen LogP contribution in [0.2, 0.25) is 0 Å². The molecule has 0 spiro atoms. The summed E-state index contributed by atoms with van der Waals surface area (Å²) in [5, 5.41) is 0. The molecule has 0 bridgehead atoms. The standard InChI is InChI=1S/C13H21NO2S/c1-17(15)16-11-12-7-9-14(10-8-12)13-5-3-2-4-6-13/h3,5-6,12H,2,4,7-11H2,1H3. The van der Waals surface area contributed by atoms with Crippen molar-refractivity contribution < 1.29 is 8.39 Å². The number of hydrogen-bond donors (Lipinski definition) is 0. The zero-order valence-corrected chi connectivity index (χ0v) is 11.2. The number of piperidine rings is 1. The van der Waals surface area contributed by atoms with Crippen LogP contribution in [0.3, 0.4) is 0 Å². The Hall–Kier alpha value is -0.610. The quantitative estimate of drug-likeness (QED) is 0.771. The lowest BCUT2D eigenvalue weighted by Crippen LogP contribution is -2.34. The van der Waals surface area contributed by atoms with E-state index in [-0.39, 0.29) is 0 Å². The van der Waals surface area contributed by atoms with Crippen molar-refractivity contribution in [3.8, 4) is 0 Å². The minimum atomic E-state index is -1.12. The second-order valence-electron chi connectivity index (χ2n) is 4.73. The van der Waals surface area contributed by atoms with Crippen molar-refractivity contribution in [2.24, 2.45) is 5.92 Å². The van der Waals surface area contributed by atoms with Gasteiger partial charge in [-0.25, -0.2) is 4.21 Å². The van der Waals surface area contributed by atoms with Gasteiger partial charge in [0.25, 0.3) is 0 Å². The first-order valence-electron chi connectivity index (χ1n) is 6.34. The van der Waals surface area contributed by atoms with Crippen molar-refractivity contribution in [3.05, 3.63) is 23.9 Å². The minimum Gasteiger partial charge on any atom is -0.372 e. The van der Waals surface area contributed by atoms with Gasteiger partial charge in [0.15, 0.2) is 11.1 Å². The Balaban J connectivity index is 1.76. The molecule has 2 aliphatic rings. The van der Waals surface area contributed by atoms with Crippen molar-refractivity contribution in [2.75, 3.05) is 26.0 Å². The van der Waals surface area contributed by atoms with Gasteiger partial charge in [0, 0.05) is 25.0 Å². The molecule has 1 fully saturated rings. The molecule has 1 heterocycles. The van der Waals surface area contributed by atoms with Gasteiger partial charge in [0.1, 0.15) is 0 Å². The van der Waals surface area contributed by atoms with Crippen molar-refractivity contribution in [3.63, 3.8) is 0 Å². The number of nitrogens with zero attached hydrogens (tertiary/aromatic N) is 1. The molecule has 0 aromatic rings. The van der Waals surface area contributed by atoms with Gasteiger partial charge in [-0.2, -0.15) is 0 Å². The highest BCUT2D eigenvalue weighted by atomic mass is 32.2. The number of likely N-dealkylation sites (tertiary alicyclic amines) is 1. The summed E-state index contributed by atoms with van der Waals surface area (Å²) in [5.74, 6) is 0.573. The van der Waals surface area contributed by atoms with Gasteiger partial charge < -0.3 is 4.90 Å². The topological polar surface area (TPSA) is 29.5 Å². The third-order valence-electron chi connectivity index (χ3n) is 3.42. The molecule has 96 valence electrons. The summed E-state index contributed by atoms with van der Waals surface area (Å²) in [7, 11) is 0. The smallest absolute Gasteiger partial charge is 0.152 e. The summed E-state index contributed by atoms with van der Waals surface area (Å²) in [4.78, 5) is 2.45. The van der Waals surface area contributed by atoms with Crippen LogP contribution in [0.15, 0.2) is 23.9 Å². The van der Waals surface area contributed by atoms with Crippen LogP contribution in [-0.2, 0) is 15.3 Å². The first-order valence-corrected chi connectivity index (χ1v) is 7.82. The first-order chi connectivity index (χ1) is 8.25. The summed E-state index contributed by atoms with van der Waals surface area (Å²) in [6, 6.07) is 0.